The Labute approximate surface area is 160 Å². The molecule has 0 bridgehead atoms. The molecule has 0 aromatic heterocycles. The molecule has 138 valence electrons. The van der Waals surface area contributed by atoms with Crippen LogP contribution in [-0.2, 0) is 11.3 Å². The molecule has 2 aromatic rings. The normalized spacial score (nSPS) is 15.4. The molecular weight excluding hydrogens is 348 g/mol. The molecule has 0 aliphatic carbocycles. The Morgan fingerprint density at radius 2 is 1.73 bits per heavy atom. The zero-order chi connectivity index (χ0) is 18.4. The molecule has 3 rings (SSSR count). The van der Waals surface area contributed by atoms with E-state index in [0.29, 0.717) is 17.3 Å². The number of hydrogen-bond acceptors (Lipinski definition) is 3. The molecule has 5 heteroatoms. The molecule has 1 fully saturated rings. The second kappa shape index (κ2) is 8.95. The van der Waals surface area contributed by atoms with E-state index in [1.807, 2.05) is 0 Å². The highest BCUT2D eigenvalue weighted by Gasteiger charge is 2.15. The van der Waals surface area contributed by atoms with Crippen LogP contribution in [-0.4, -0.2) is 25.1 Å². The summed E-state index contributed by atoms with van der Waals surface area (Å²) in [6, 6.07) is 15.4. The minimum Gasteiger partial charge on any atom is -0.481 e. The first kappa shape index (κ1) is 18.6. The quantitative estimate of drug-likeness (QED) is 0.816. The molecule has 26 heavy (non-hydrogen) atoms. The van der Waals surface area contributed by atoms with Crippen molar-refractivity contribution in [3.05, 3.63) is 59.1 Å². The molecule has 1 amide bonds. The number of hydrogen-bond donors (Lipinski definition) is 1. The van der Waals surface area contributed by atoms with Gasteiger partial charge >= 0.3 is 0 Å². The molecule has 0 unspecified atom stereocenters. The van der Waals surface area contributed by atoms with Gasteiger partial charge in [0.2, 0.25) is 0 Å². The Morgan fingerprint density at radius 3 is 2.38 bits per heavy atom. The van der Waals surface area contributed by atoms with E-state index in [9.17, 15) is 4.79 Å². The first-order chi connectivity index (χ1) is 12.6. The summed E-state index contributed by atoms with van der Waals surface area (Å²) >= 11 is 5.85. The van der Waals surface area contributed by atoms with E-state index in [1.165, 1.54) is 24.9 Å². The molecule has 1 N–H and O–H groups in total. The van der Waals surface area contributed by atoms with Gasteiger partial charge in [0.25, 0.3) is 5.91 Å². The van der Waals surface area contributed by atoms with Crippen molar-refractivity contribution in [2.75, 3.05) is 18.0 Å². The Morgan fingerprint density at radius 1 is 1.08 bits per heavy atom. The van der Waals surface area contributed by atoms with Crippen molar-refractivity contribution < 1.29 is 9.53 Å². The topological polar surface area (TPSA) is 41.6 Å². The van der Waals surface area contributed by atoms with Crippen molar-refractivity contribution in [1.82, 2.24) is 5.32 Å². The minimum atomic E-state index is -0.566. The van der Waals surface area contributed by atoms with Gasteiger partial charge in [-0.2, -0.15) is 0 Å². The fourth-order valence-electron chi connectivity index (χ4n) is 3.08. The Kier molecular flexibility index (Phi) is 6.40. The lowest BCUT2D eigenvalue weighted by atomic mass is 10.1. The lowest BCUT2D eigenvalue weighted by molar-refractivity contribution is -0.127. The van der Waals surface area contributed by atoms with Gasteiger partial charge in [-0.25, -0.2) is 0 Å². The van der Waals surface area contributed by atoms with E-state index in [1.54, 1.807) is 31.2 Å². The molecule has 4 nitrogen and oxygen atoms in total. The van der Waals surface area contributed by atoms with Crippen LogP contribution in [0.2, 0.25) is 5.02 Å². The number of benzene rings is 2. The van der Waals surface area contributed by atoms with Gasteiger partial charge in [0.1, 0.15) is 5.75 Å². The van der Waals surface area contributed by atoms with E-state index < -0.39 is 6.10 Å². The maximum absolute atomic E-state index is 12.2. The van der Waals surface area contributed by atoms with Gasteiger partial charge in [0, 0.05) is 30.3 Å². The van der Waals surface area contributed by atoms with E-state index in [4.69, 9.17) is 16.3 Å². The monoisotopic (exact) mass is 372 g/mol. The highest BCUT2D eigenvalue weighted by molar-refractivity contribution is 6.30. The lowest BCUT2D eigenvalue weighted by Crippen LogP contribution is -2.35. The summed E-state index contributed by atoms with van der Waals surface area (Å²) in [5, 5.41) is 3.57. The summed E-state index contributed by atoms with van der Waals surface area (Å²) in [5.74, 6) is 0.489. The largest absolute Gasteiger partial charge is 0.481 e. The molecule has 1 aliphatic rings. The third kappa shape index (κ3) is 5.15. The Hall–Kier alpha value is -2.20. The second-order valence-electron chi connectivity index (χ2n) is 6.65. The van der Waals surface area contributed by atoms with Crippen LogP contribution in [0.25, 0.3) is 0 Å². The van der Waals surface area contributed by atoms with Crippen molar-refractivity contribution in [1.29, 1.82) is 0 Å². The van der Waals surface area contributed by atoms with Crippen LogP contribution in [0, 0.1) is 0 Å². The number of nitrogens with one attached hydrogen (secondary N) is 1. The highest BCUT2D eigenvalue weighted by atomic mass is 35.5. The first-order valence-electron chi connectivity index (χ1n) is 9.15. The number of amides is 1. The lowest BCUT2D eigenvalue weighted by Gasteiger charge is -2.28. The molecule has 1 atom stereocenters. The number of ether oxygens (including phenoxy) is 1. The van der Waals surface area contributed by atoms with Crippen LogP contribution < -0.4 is 15.0 Å². The van der Waals surface area contributed by atoms with Crippen molar-refractivity contribution >= 4 is 23.2 Å². The standard InChI is InChI=1S/C21H25ClN2O2/c1-16(26-20-11-7-18(22)8-12-20)21(25)23-15-17-5-9-19(10-6-17)24-13-3-2-4-14-24/h5-12,16H,2-4,13-15H2,1H3,(H,23,25)/t16-/m0/s1. The summed E-state index contributed by atoms with van der Waals surface area (Å²) in [7, 11) is 0. The SMILES string of the molecule is C[C@H](Oc1ccc(Cl)cc1)C(=O)NCc1ccc(N2CCCCC2)cc1. The van der Waals surface area contributed by atoms with Crippen LogP contribution in [0.1, 0.15) is 31.7 Å². The van der Waals surface area contributed by atoms with Gasteiger partial charge in [-0.3, -0.25) is 4.79 Å². The van der Waals surface area contributed by atoms with Crippen molar-refractivity contribution in [3.63, 3.8) is 0 Å². The molecule has 2 aromatic carbocycles. The number of piperidine rings is 1. The van der Waals surface area contributed by atoms with Crippen molar-refractivity contribution in [2.24, 2.45) is 0 Å². The summed E-state index contributed by atoms with van der Waals surface area (Å²) in [6.07, 6.45) is 3.30. The second-order valence-corrected chi connectivity index (χ2v) is 7.08. The molecule has 1 aliphatic heterocycles. The Balaban J connectivity index is 1.48. The number of rotatable bonds is 6. The minimum absolute atomic E-state index is 0.139. The van der Waals surface area contributed by atoms with Gasteiger partial charge in [-0.05, 0) is 68.1 Å². The van der Waals surface area contributed by atoms with Gasteiger partial charge < -0.3 is 15.0 Å². The molecular formula is C21H25ClN2O2. The number of carbonyl (C=O) groups excluding carboxylic acids is 1. The van der Waals surface area contributed by atoms with Crippen LogP contribution in [0.5, 0.6) is 5.75 Å². The molecule has 1 saturated heterocycles. The predicted octanol–water partition coefficient (Wildman–Crippen LogP) is 4.41. The molecule has 0 saturated carbocycles. The number of nitrogens with zero attached hydrogens (tertiary/aromatic N) is 1. The summed E-state index contributed by atoms with van der Waals surface area (Å²) in [6.45, 7) is 4.50. The number of anilines is 1. The van der Waals surface area contributed by atoms with E-state index in [2.05, 4.69) is 34.5 Å². The third-order valence-electron chi connectivity index (χ3n) is 4.62. The zero-order valence-electron chi connectivity index (χ0n) is 15.1. The fourth-order valence-corrected chi connectivity index (χ4v) is 3.21. The summed E-state index contributed by atoms with van der Waals surface area (Å²) < 4.78 is 5.64. The van der Waals surface area contributed by atoms with E-state index >= 15 is 0 Å². The number of halogens is 1. The van der Waals surface area contributed by atoms with E-state index in [-0.39, 0.29) is 5.91 Å². The molecule has 0 spiro atoms. The first-order valence-corrected chi connectivity index (χ1v) is 9.53. The van der Waals surface area contributed by atoms with Crippen molar-refractivity contribution in [3.8, 4) is 5.75 Å². The van der Waals surface area contributed by atoms with Crippen LogP contribution in [0.3, 0.4) is 0 Å². The molecule has 0 radical (unpaired) electrons. The summed E-state index contributed by atoms with van der Waals surface area (Å²) in [4.78, 5) is 14.7. The van der Waals surface area contributed by atoms with Gasteiger partial charge in [0.05, 0.1) is 0 Å². The number of carbonyl (C=O) groups is 1. The zero-order valence-corrected chi connectivity index (χ0v) is 15.8. The van der Waals surface area contributed by atoms with E-state index in [0.717, 1.165) is 18.7 Å². The average molecular weight is 373 g/mol. The van der Waals surface area contributed by atoms with Gasteiger partial charge in [-0.15, -0.1) is 0 Å². The predicted molar refractivity (Wildman–Crippen MR) is 106 cm³/mol. The maximum Gasteiger partial charge on any atom is 0.261 e. The maximum atomic E-state index is 12.2. The fraction of sp³-hybridized carbons (Fsp3) is 0.381. The van der Waals surface area contributed by atoms with Gasteiger partial charge in [0.15, 0.2) is 6.10 Å². The van der Waals surface area contributed by atoms with Gasteiger partial charge in [-0.1, -0.05) is 23.7 Å². The highest BCUT2D eigenvalue weighted by Crippen LogP contribution is 2.20. The van der Waals surface area contributed by atoms with Crippen molar-refractivity contribution in [2.45, 2.75) is 38.8 Å². The smallest absolute Gasteiger partial charge is 0.261 e. The molecule has 1 heterocycles. The summed E-state index contributed by atoms with van der Waals surface area (Å²) in [5.41, 5.74) is 2.34. The Bertz CT molecular complexity index is 710. The van der Waals surface area contributed by atoms with Crippen LogP contribution >= 0.6 is 11.6 Å². The third-order valence-corrected chi connectivity index (χ3v) is 4.87. The van der Waals surface area contributed by atoms with Crippen LogP contribution in [0.15, 0.2) is 48.5 Å². The average Bonchev–Trinajstić information content (AvgIpc) is 2.69. The van der Waals surface area contributed by atoms with Crippen LogP contribution in [0.4, 0.5) is 5.69 Å².